The maximum atomic E-state index is 12.0. The van der Waals surface area contributed by atoms with Crippen LogP contribution < -0.4 is 10.6 Å². The molecule has 0 bridgehead atoms. The summed E-state index contributed by atoms with van der Waals surface area (Å²) in [6.07, 6.45) is 2.13. The Morgan fingerprint density at radius 3 is 2.91 bits per heavy atom. The number of nitrogens with one attached hydrogen (secondary N) is 2. The summed E-state index contributed by atoms with van der Waals surface area (Å²) in [4.78, 5) is 23.9. The maximum Gasteiger partial charge on any atom is 0.253 e. The lowest BCUT2D eigenvalue weighted by Gasteiger charge is -2.39. The van der Waals surface area contributed by atoms with Gasteiger partial charge in [-0.15, -0.1) is 0 Å². The van der Waals surface area contributed by atoms with Gasteiger partial charge >= 0.3 is 0 Å². The van der Waals surface area contributed by atoms with E-state index in [1.807, 2.05) is 0 Å². The smallest absolute Gasteiger partial charge is 0.253 e. The Hall–Kier alpha value is -1.30. The molecule has 2 fully saturated rings. The summed E-state index contributed by atoms with van der Waals surface area (Å²) >= 11 is 11.8. The van der Waals surface area contributed by atoms with E-state index in [1.54, 1.807) is 12.1 Å². The summed E-state index contributed by atoms with van der Waals surface area (Å²) in [5, 5.41) is 6.20. The SMILES string of the molecule is O=C(CNC(=O)c1cc(Cl)ccc1Cl)N[C@@H]1C[C@H]2OCC[C@@H]12. The first-order chi connectivity index (χ1) is 10.5. The van der Waals surface area contributed by atoms with Gasteiger partial charge < -0.3 is 15.4 Å². The normalized spacial score (nSPS) is 26.0. The molecule has 1 aliphatic heterocycles. The number of rotatable bonds is 4. The molecule has 2 amide bonds. The van der Waals surface area contributed by atoms with Crippen molar-refractivity contribution in [3.05, 3.63) is 33.8 Å². The highest BCUT2D eigenvalue weighted by molar-refractivity contribution is 6.35. The third-order valence-corrected chi connectivity index (χ3v) is 4.76. The number of ether oxygens (including phenoxy) is 1. The zero-order valence-corrected chi connectivity index (χ0v) is 13.3. The van der Waals surface area contributed by atoms with E-state index in [2.05, 4.69) is 10.6 Å². The van der Waals surface area contributed by atoms with E-state index in [-0.39, 0.29) is 24.1 Å². The van der Waals surface area contributed by atoms with Crippen molar-refractivity contribution in [2.75, 3.05) is 13.2 Å². The second-order valence-electron chi connectivity index (χ2n) is 5.58. The van der Waals surface area contributed by atoms with Crippen LogP contribution in [-0.2, 0) is 9.53 Å². The van der Waals surface area contributed by atoms with Gasteiger partial charge in [-0.1, -0.05) is 23.2 Å². The second-order valence-corrected chi connectivity index (χ2v) is 6.42. The highest BCUT2D eigenvalue weighted by Gasteiger charge is 2.45. The third kappa shape index (κ3) is 3.21. The Labute approximate surface area is 138 Å². The van der Waals surface area contributed by atoms with Crippen LogP contribution in [0.4, 0.5) is 0 Å². The first-order valence-corrected chi connectivity index (χ1v) is 7.94. The Bertz CT molecular complexity index is 608. The Kier molecular flexibility index (Phi) is 4.57. The Morgan fingerprint density at radius 2 is 2.14 bits per heavy atom. The molecule has 22 heavy (non-hydrogen) atoms. The molecule has 0 radical (unpaired) electrons. The van der Waals surface area contributed by atoms with Crippen LogP contribution in [0, 0.1) is 5.92 Å². The molecule has 118 valence electrons. The number of amides is 2. The van der Waals surface area contributed by atoms with Crippen molar-refractivity contribution in [1.82, 2.24) is 10.6 Å². The fourth-order valence-electron chi connectivity index (χ4n) is 2.95. The molecule has 2 N–H and O–H groups in total. The van der Waals surface area contributed by atoms with Crippen LogP contribution in [0.2, 0.25) is 10.0 Å². The van der Waals surface area contributed by atoms with Gasteiger partial charge in [0.15, 0.2) is 0 Å². The zero-order chi connectivity index (χ0) is 15.7. The van der Waals surface area contributed by atoms with Crippen LogP contribution in [0.15, 0.2) is 18.2 Å². The summed E-state index contributed by atoms with van der Waals surface area (Å²) in [7, 11) is 0. The number of fused-ring (bicyclic) bond motifs is 1. The molecular weight excluding hydrogens is 327 g/mol. The topological polar surface area (TPSA) is 67.4 Å². The van der Waals surface area contributed by atoms with E-state index in [0.717, 1.165) is 19.4 Å². The number of halogens is 2. The molecule has 2 aliphatic rings. The van der Waals surface area contributed by atoms with Crippen molar-refractivity contribution >= 4 is 35.0 Å². The van der Waals surface area contributed by atoms with Crippen molar-refractivity contribution in [3.63, 3.8) is 0 Å². The largest absolute Gasteiger partial charge is 0.378 e. The fraction of sp³-hybridized carbons (Fsp3) is 0.467. The van der Waals surface area contributed by atoms with Gasteiger partial charge in [0.2, 0.25) is 5.91 Å². The molecule has 3 rings (SSSR count). The highest BCUT2D eigenvalue weighted by Crippen LogP contribution is 2.38. The molecule has 1 aromatic carbocycles. The molecule has 0 spiro atoms. The lowest BCUT2D eigenvalue weighted by molar-refractivity contribution is -0.123. The lowest BCUT2D eigenvalue weighted by Crippen LogP contribution is -2.55. The number of hydrogen-bond donors (Lipinski definition) is 2. The minimum atomic E-state index is -0.418. The summed E-state index contributed by atoms with van der Waals surface area (Å²) in [6.45, 7) is 0.683. The van der Waals surface area contributed by atoms with Crippen LogP contribution in [-0.4, -0.2) is 37.1 Å². The van der Waals surface area contributed by atoms with E-state index in [0.29, 0.717) is 22.1 Å². The molecule has 1 aliphatic carbocycles. The summed E-state index contributed by atoms with van der Waals surface area (Å²) < 4.78 is 5.50. The molecule has 5 nitrogen and oxygen atoms in total. The zero-order valence-electron chi connectivity index (χ0n) is 11.8. The van der Waals surface area contributed by atoms with Crippen LogP contribution in [0.25, 0.3) is 0 Å². The average Bonchev–Trinajstić information content (AvgIpc) is 2.86. The van der Waals surface area contributed by atoms with E-state index >= 15 is 0 Å². The van der Waals surface area contributed by atoms with E-state index < -0.39 is 5.91 Å². The van der Waals surface area contributed by atoms with Gasteiger partial charge in [0, 0.05) is 23.6 Å². The van der Waals surface area contributed by atoms with Crippen LogP contribution in [0.1, 0.15) is 23.2 Å². The number of carbonyl (C=O) groups is 2. The maximum absolute atomic E-state index is 12.0. The Morgan fingerprint density at radius 1 is 1.32 bits per heavy atom. The monoisotopic (exact) mass is 342 g/mol. The standard InChI is InChI=1S/C15H16Cl2N2O3/c16-8-1-2-11(17)10(5-8)15(21)18-7-14(20)19-12-6-13-9(12)3-4-22-13/h1-2,5,9,12-13H,3-4,6-7H2,(H,18,21)(H,19,20)/t9-,12+,13+/m0/s1. The van der Waals surface area contributed by atoms with Crippen LogP contribution in [0.3, 0.4) is 0 Å². The van der Waals surface area contributed by atoms with Crippen molar-refractivity contribution < 1.29 is 14.3 Å². The predicted molar refractivity (Wildman–Crippen MR) is 83.2 cm³/mol. The van der Waals surface area contributed by atoms with Gasteiger partial charge in [0.1, 0.15) is 0 Å². The number of hydrogen-bond acceptors (Lipinski definition) is 3. The van der Waals surface area contributed by atoms with E-state index in [4.69, 9.17) is 27.9 Å². The molecule has 1 aromatic rings. The molecule has 7 heteroatoms. The minimum Gasteiger partial charge on any atom is -0.378 e. The van der Waals surface area contributed by atoms with Gasteiger partial charge in [-0.05, 0) is 31.0 Å². The highest BCUT2D eigenvalue weighted by atomic mass is 35.5. The van der Waals surface area contributed by atoms with Crippen molar-refractivity contribution in [1.29, 1.82) is 0 Å². The molecule has 0 aromatic heterocycles. The summed E-state index contributed by atoms with van der Waals surface area (Å²) in [5.74, 6) is -0.206. The average molecular weight is 343 g/mol. The second kappa shape index (κ2) is 6.44. The molecule has 3 atom stereocenters. The van der Waals surface area contributed by atoms with E-state index in [9.17, 15) is 9.59 Å². The van der Waals surface area contributed by atoms with E-state index in [1.165, 1.54) is 6.07 Å². The van der Waals surface area contributed by atoms with Crippen molar-refractivity contribution in [2.24, 2.45) is 5.92 Å². The fourth-order valence-corrected chi connectivity index (χ4v) is 3.32. The van der Waals surface area contributed by atoms with Crippen molar-refractivity contribution in [3.8, 4) is 0 Å². The minimum absolute atomic E-state index is 0.0869. The van der Waals surface area contributed by atoms with Gasteiger partial charge in [-0.25, -0.2) is 0 Å². The summed E-state index contributed by atoms with van der Waals surface area (Å²) in [5.41, 5.74) is 0.259. The number of benzene rings is 1. The first-order valence-electron chi connectivity index (χ1n) is 7.19. The van der Waals surface area contributed by atoms with Gasteiger partial charge in [0.05, 0.1) is 23.2 Å². The molecule has 1 saturated heterocycles. The third-order valence-electron chi connectivity index (χ3n) is 4.19. The number of carbonyl (C=O) groups excluding carboxylic acids is 2. The van der Waals surface area contributed by atoms with Gasteiger partial charge in [0.25, 0.3) is 5.91 Å². The molecule has 1 heterocycles. The Balaban J connectivity index is 1.48. The molecule has 1 saturated carbocycles. The van der Waals surface area contributed by atoms with Gasteiger partial charge in [-0.3, -0.25) is 9.59 Å². The summed E-state index contributed by atoms with van der Waals surface area (Å²) in [6, 6.07) is 4.78. The lowest BCUT2D eigenvalue weighted by atomic mass is 9.76. The predicted octanol–water partition coefficient (Wildman–Crippen LogP) is 2.02. The van der Waals surface area contributed by atoms with Crippen LogP contribution >= 0.6 is 23.2 Å². The quantitative estimate of drug-likeness (QED) is 0.879. The molecular formula is C15H16Cl2N2O3. The molecule has 0 unspecified atom stereocenters. The van der Waals surface area contributed by atoms with Crippen molar-refractivity contribution in [2.45, 2.75) is 25.0 Å². The first kappa shape index (κ1) is 15.6. The van der Waals surface area contributed by atoms with Gasteiger partial charge in [-0.2, -0.15) is 0 Å². The van der Waals surface area contributed by atoms with Crippen LogP contribution in [0.5, 0.6) is 0 Å².